The summed E-state index contributed by atoms with van der Waals surface area (Å²) in [5.74, 6) is 0. The van der Waals surface area contributed by atoms with Gasteiger partial charge in [-0.3, -0.25) is 0 Å². The van der Waals surface area contributed by atoms with Crippen LogP contribution in [0.5, 0.6) is 0 Å². The van der Waals surface area contributed by atoms with Gasteiger partial charge in [0.25, 0.3) is 0 Å². The first kappa shape index (κ1) is 11.6. The molecule has 3 heteroatoms. The Morgan fingerprint density at radius 3 is 2.83 bits per heavy atom. The summed E-state index contributed by atoms with van der Waals surface area (Å²) in [4.78, 5) is 0. The van der Waals surface area contributed by atoms with Crippen LogP contribution in [0.4, 0.5) is 5.69 Å². The summed E-state index contributed by atoms with van der Waals surface area (Å²) in [5, 5.41) is 4.29. The number of anilines is 1. The summed E-state index contributed by atoms with van der Waals surface area (Å²) in [7, 11) is 0. The lowest BCUT2D eigenvalue weighted by molar-refractivity contribution is 0.788. The van der Waals surface area contributed by atoms with Gasteiger partial charge in [0.15, 0.2) is 0 Å². The van der Waals surface area contributed by atoms with E-state index in [4.69, 9.17) is 17.3 Å². The third kappa shape index (κ3) is 1.98. The first-order valence-electron chi connectivity index (χ1n) is 6.11. The van der Waals surface area contributed by atoms with Gasteiger partial charge >= 0.3 is 0 Å². The molecular formula is C15H15ClN2. The molecule has 1 unspecified atom stereocenters. The maximum absolute atomic E-state index is 6.07. The molecule has 0 aromatic heterocycles. The summed E-state index contributed by atoms with van der Waals surface area (Å²) >= 11 is 6.07. The van der Waals surface area contributed by atoms with Gasteiger partial charge in [0, 0.05) is 17.3 Å². The van der Waals surface area contributed by atoms with E-state index in [0.717, 1.165) is 17.1 Å². The SMILES string of the molecule is NCC1Nc2ccc(Cl)cc2Cc2ccccc21. The Balaban J connectivity index is 2.13. The largest absolute Gasteiger partial charge is 0.377 e. The number of hydrogen-bond donors (Lipinski definition) is 2. The van der Waals surface area contributed by atoms with Crippen molar-refractivity contribution in [3.63, 3.8) is 0 Å². The molecule has 92 valence electrons. The summed E-state index contributed by atoms with van der Waals surface area (Å²) in [6.07, 6.45) is 0.898. The number of benzene rings is 2. The van der Waals surface area contributed by atoms with E-state index >= 15 is 0 Å². The van der Waals surface area contributed by atoms with E-state index in [1.165, 1.54) is 16.7 Å². The summed E-state index contributed by atoms with van der Waals surface area (Å²) < 4.78 is 0. The van der Waals surface area contributed by atoms with E-state index in [1.807, 2.05) is 18.2 Å². The maximum atomic E-state index is 6.07. The lowest BCUT2D eigenvalue weighted by Crippen LogP contribution is -2.20. The number of fused-ring (bicyclic) bond motifs is 2. The van der Waals surface area contributed by atoms with Crippen LogP contribution in [0.3, 0.4) is 0 Å². The van der Waals surface area contributed by atoms with Crippen LogP contribution in [0, 0.1) is 0 Å². The molecule has 0 bridgehead atoms. The Hall–Kier alpha value is -1.51. The molecule has 0 radical (unpaired) electrons. The van der Waals surface area contributed by atoms with E-state index in [1.54, 1.807) is 0 Å². The molecular weight excluding hydrogens is 244 g/mol. The van der Waals surface area contributed by atoms with E-state index < -0.39 is 0 Å². The topological polar surface area (TPSA) is 38.0 Å². The number of halogens is 1. The molecule has 1 atom stereocenters. The predicted molar refractivity (Wildman–Crippen MR) is 76.1 cm³/mol. The standard InChI is InChI=1S/C15H15ClN2/c16-12-5-6-14-11(8-12)7-10-3-1-2-4-13(10)15(9-17)18-14/h1-6,8,15,18H,7,9,17H2. The van der Waals surface area contributed by atoms with Crippen molar-refractivity contribution in [3.8, 4) is 0 Å². The molecule has 18 heavy (non-hydrogen) atoms. The van der Waals surface area contributed by atoms with Gasteiger partial charge in [0.2, 0.25) is 0 Å². The predicted octanol–water partition coefficient (Wildman–Crippen LogP) is 3.36. The number of rotatable bonds is 1. The zero-order valence-corrected chi connectivity index (χ0v) is 10.7. The molecule has 0 spiro atoms. The Morgan fingerprint density at radius 1 is 1.17 bits per heavy atom. The van der Waals surface area contributed by atoms with Crippen molar-refractivity contribution >= 4 is 17.3 Å². The van der Waals surface area contributed by atoms with Gasteiger partial charge in [-0.1, -0.05) is 35.9 Å². The molecule has 0 fully saturated rings. The van der Waals surface area contributed by atoms with Gasteiger partial charge in [-0.15, -0.1) is 0 Å². The second-order valence-corrected chi connectivity index (χ2v) is 5.05. The van der Waals surface area contributed by atoms with E-state index in [-0.39, 0.29) is 6.04 Å². The van der Waals surface area contributed by atoms with Crippen LogP contribution in [0.1, 0.15) is 22.7 Å². The van der Waals surface area contributed by atoms with Crippen molar-refractivity contribution in [2.45, 2.75) is 12.5 Å². The van der Waals surface area contributed by atoms with Crippen LogP contribution >= 0.6 is 11.6 Å². The Kier molecular flexibility index (Phi) is 2.98. The highest BCUT2D eigenvalue weighted by molar-refractivity contribution is 6.30. The van der Waals surface area contributed by atoms with Crippen molar-refractivity contribution in [2.24, 2.45) is 5.73 Å². The molecule has 1 aliphatic heterocycles. The lowest BCUT2D eigenvalue weighted by atomic mass is 9.97. The van der Waals surface area contributed by atoms with E-state index in [9.17, 15) is 0 Å². The summed E-state index contributed by atoms with van der Waals surface area (Å²) in [6, 6.07) is 14.6. The minimum atomic E-state index is 0.170. The van der Waals surface area contributed by atoms with Gasteiger partial charge in [0.05, 0.1) is 6.04 Å². The average Bonchev–Trinajstić information content (AvgIpc) is 2.54. The molecule has 0 saturated heterocycles. The molecule has 1 aliphatic rings. The number of nitrogens with two attached hydrogens (primary N) is 1. The Labute approximate surface area is 112 Å². The van der Waals surface area contributed by atoms with Gasteiger partial charge in [-0.05, 0) is 41.3 Å². The smallest absolute Gasteiger partial charge is 0.0639 e. The maximum Gasteiger partial charge on any atom is 0.0639 e. The molecule has 1 heterocycles. The Bertz CT molecular complexity index is 580. The fourth-order valence-corrected chi connectivity index (χ4v) is 2.74. The van der Waals surface area contributed by atoms with Gasteiger partial charge in [-0.2, -0.15) is 0 Å². The summed E-state index contributed by atoms with van der Waals surface area (Å²) in [6.45, 7) is 0.582. The van der Waals surface area contributed by atoms with E-state index in [2.05, 4.69) is 29.6 Å². The molecule has 3 rings (SSSR count). The molecule has 2 nitrogen and oxygen atoms in total. The molecule has 2 aromatic rings. The second-order valence-electron chi connectivity index (χ2n) is 4.61. The third-order valence-electron chi connectivity index (χ3n) is 3.44. The quantitative estimate of drug-likeness (QED) is 0.823. The van der Waals surface area contributed by atoms with Crippen molar-refractivity contribution in [2.75, 3.05) is 11.9 Å². The molecule has 0 aliphatic carbocycles. The minimum Gasteiger partial charge on any atom is -0.377 e. The number of nitrogens with one attached hydrogen (secondary N) is 1. The first-order chi connectivity index (χ1) is 8.78. The van der Waals surface area contributed by atoms with Crippen LogP contribution in [0.25, 0.3) is 0 Å². The van der Waals surface area contributed by atoms with Gasteiger partial charge < -0.3 is 11.1 Å². The zero-order chi connectivity index (χ0) is 12.5. The van der Waals surface area contributed by atoms with E-state index in [0.29, 0.717) is 6.54 Å². The lowest BCUT2D eigenvalue weighted by Gasteiger charge is -2.18. The normalized spacial score (nSPS) is 17.3. The van der Waals surface area contributed by atoms with Crippen LogP contribution in [0.15, 0.2) is 42.5 Å². The molecule has 2 aromatic carbocycles. The highest BCUT2D eigenvalue weighted by Gasteiger charge is 2.19. The zero-order valence-electron chi connectivity index (χ0n) is 9.99. The minimum absolute atomic E-state index is 0.170. The van der Waals surface area contributed by atoms with Crippen molar-refractivity contribution in [1.82, 2.24) is 0 Å². The fraction of sp³-hybridized carbons (Fsp3) is 0.200. The third-order valence-corrected chi connectivity index (χ3v) is 3.68. The summed E-state index contributed by atoms with van der Waals surface area (Å²) in [5.41, 5.74) is 10.8. The second kappa shape index (κ2) is 4.63. The van der Waals surface area contributed by atoms with Crippen molar-refractivity contribution in [3.05, 3.63) is 64.2 Å². The fourth-order valence-electron chi connectivity index (χ4n) is 2.54. The average molecular weight is 259 g/mol. The van der Waals surface area contributed by atoms with Crippen molar-refractivity contribution in [1.29, 1.82) is 0 Å². The van der Waals surface area contributed by atoms with Crippen molar-refractivity contribution < 1.29 is 0 Å². The van der Waals surface area contributed by atoms with Crippen LogP contribution < -0.4 is 11.1 Å². The number of hydrogen-bond acceptors (Lipinski definition) is 2. The highest BCUT2D eigenvalue weighted by Crippen LogP contribution is 2.32. The Morgan fingerprint density at radius 2 is 2.00 bits per heavy atom. The molecule has 0 saturated carbocycles. The monoisotopic (exact) mass is 258 g/mol. The van der Waals surface area contributed by atoms with Gasteiger partial charge in [-0.25, -0.2) is 0 Å². The highest BCUT2D eigenvalue weighted by atomic mass is 35.5. The molecule has 0 amide bonds. The first-order valence-corrected chi connectivity index (χ1v) is 6.48. The van der Waals surface area contributed by atoms with Crippen LogP contribution in [-0.2, 0) is 6.42 Å². The van der Waals surface area contributed by atoms with Gasteiger partial charge in [0.1, 0.15) is 0 Å². The molecule has 3 N–H and O–H groups in total. The van der Waals surface area contributed by atoms with Crippen LogP contribution in [0.2, 0.25) is 5.02 Å². The van der Waals surface area contributed by atoms with Crippen LogP contribution in [-0.4, -0.2) is 6.54 Å².